The zero-order chi connectivity index (χ0) is 13.7. The van der Waals surface area contributed by atoms with Crippen molar-refractivity contribution in [2.24, 2.45) is 4.99 Å². The molecule has 1 saturated heterocycles. The number of hydrogen-bond donors (Lipinski definition) is 0. The number of isocyanates is 1. The SMILES string of the molecule is COc1ccc(C)cc1C1(CN=C=O)CCOCC1. The largest absolute Gasteiger partial charge is 0.496 e. The highest BCUT2D eigenvalue weighted by Gasteiger charge is 2.36. The molecular formula is C15H19NO3. The monoisotopic (exact) mass is 261 g/mol. The van der Waals surface area contributed by atoms with Gasteiger partial charge in [-0.05, 0) is 25.8 Å². The van der Waals surface area contributed by atoms with E-state index in [-0.39, 0.29) is 5.41 Å². The predicted octanol–water partition coefficient (Wildman–Crippen LogP) is 2.39. The highest BCUT2D eigenvalue weighted by molar-refractivity contribution is 5.44. The predicted molar refractivity (Wildman–Crippen MR) is 72.5 cm³/mol. The summed E-state index contributed by atoms with van der Waals surface area (Å²) in [7, 11) is 1.67. The minimum Gasteiger partial charge on any atom is -0.496 e. The van der Waals surface area contributed by atoms with Crippen LogP contribution in [0.3, 0.4) is 0 Å². The fourth-order valence-electron chi connectivity index (χ4n) is 2.69. The standard InChI is InChI=1S/C15H19NO3/c1-12-3-4-14(18-2)13(9-12)15(10-16-11-17)5-7-19-8-6-15/h3-4,9H,5-8,10H2,1-2H3. The molecular weight excluding hydrogens is 242 g/mol. The first-order chi connectivity index (χ1) is 9.22. The maximum absolute atomic E-state index is 10.5. The van der Waals surface area contributed by atoms with Gasteiger partial charge in [-0.3, -0.25) is 0 Å². The summed E-state index contributed by atoms with van der Waals surface area (Å²) < 4.78 is 10.9. The summed E-state index contributed by atoms with van der Waals surface area (Å²) in [6.45, 7) is 3.87. The lowest BCUT2D eigenvalue weighted by Gasteiger charge is -2.37. The van der Waals surface area contributed by atoms with E-state index in [9.17, 15) is 4.79 Å². The summed E-state index contributed by atoms with van der Waals surface area (Å²) in [6.07, 6.45) is 3.35. The lowest BCUT2D eigenvalue weighted by molar-refractivity contribution is 0.0523. The van der Waals surface area contributed by atoms with Gasteiger partial charge in [-0.25, -0.2) is 9.79 Å². The van der Waals surface area contributed by atoms with E-state index < -0.39 is 0 Å². The molecule has 4 heteroatoms. The minimum absolute atomic E-state index is 0.174. The van der Waals surface area contributed by atoms with E-state index in [4.69, 9.17) is 9.47 Å². The number of nitrogens with zero attached hydrogens (tertiary/aromatic N) is 1. The second-order valence-electron chi connectivity index (χ2n) is 5.00. The summed E-state index contributed by atoms with van der Waals surface area (Å²) >= 11 is 0. The Morgan fingerprint density at radius 3 is 2.79 bits per heavy atom. The summed E-state index contributed by atoms with van der Waals surface area (Å²) in [6, 6.07) is 6.13. The van der Waals surface area contributed by atoms with Gasteiger partial charge in [0.1, 0.15) is 5.75 Å². The summed E-state index contributed by atoms with van der Waals surface area (Å²) in [5.41, 5.74) is 2.13. The summed E-state index contributed by atoms with van der Waals surface area (Å²) in [5.74, 6) is 0.855. The zero-order valence-electron chi connectivity index (χ0n) is 11.4. The van der Waals surface area contributed by atoms with Crippen LogP contribution < -0.4 is 4.74 Å². The quantitative estimate of drug-likeness (QED) is 0.617. The van der Waals surface area contributed by atoms with Gasteiger partial charge in [-0.2, -0.15) is 0 Å². The second-order valence-corrected chi connectivity index (χ2v) is 5.00. The molecule has 4 nitrogen and oxygen atoms in total. The normalized spacial score (nSPS) is 17.6. The molecule has 1 aromatic carbocycles. The van der Waals surface area contributed by atoms with Crippen molar-refractivity contribution in [2.75, 3.05) is 26.9 Å². The highest BCUT2D eigenvalue weighted by atomic mass is 16.5. The first-order valence-electron chi connectivity index (χ1n) is 6.48. The Bertz CT molecular complexity index is 486. The van der Waals surface area contributed by atoms with Crippen LogP contribution in [-0.4, -0.2) is 32.9 Å². The molecule has 0 amide bonds. The van der Waals surface area contributed by atoms with Crippen molar-refractivity contribution in [1.29, 1.82) is 0 Å². The van der Waals surface area contributed by atoms with Crippen LogP contribution in [0, 0.1) is 6.92 Å². The number of carbonyl (C=O) groups excluding carboxylic acids is 1. The average Bonchev–Trinajstić information content (AvgIpc) is 2.46. The van der Waals surface area contributed by atoms with Crippen LogP contribution in [0.4, 0.5) is 0 Å². The fourth-order valence-corrected chi connectivity index (χ4v) is 2.69. The molecule has 0 aromatic heterocycles. The third-order valence-electron chi connectivity index (χ3n) is 3.82. The van der Waals surface area contributed by atoms with Crippen LogP contribution in [0.1, 0.15) is 24.0 Å². The minimum atomic E-state index is -0.174. The van der Waals surface area contributed by atoms with E-state index in [2.05, 4.69) is 18.0 Å². The number of ether oxygens (including phenoxy) is 2. The van der Waals surface area contributed by atoms with Gasteiger partial charge in [0.2, 0.25) is 6.08 Å². The molecule has 1 aliphatic rings. The van der Waals surface area contributed by atoms with Gasteiger partial charge < -0.3 is 9.47 Å². The molecule has 1 aromatic rings. The molecule has 19 heavy (non-hydrogen) atoms. The van der Waals surface area contributed by atoms with Crippen LogP contribution in [0.5, 0.6) is 5.75 Å². The van der Waals surface area contributed by atoms with E-state index in [1.807, 2.05) is 12.1 Å². The Morgan fingerprint density at radius 1 is 1.42 bits per heavy atom. The Kier molecular flexibility index (Phi) is 4.35. The number of rotatable bonds is 4. The number of aliphatic imine (C=N–C) groups is 1. The number of hydrogen-bond acceptors (Lipinski definition) is 4. The zero-order valence-corrected chi connectivity index (χ0v) is 11.4. The smallest absolute Gasteiger partial charge is 0.234 e. The first-order valence-corrected chi connectivity index (χ1v) is 6.48. The van der Waals surface area contributed by atoms with Gasteiger partial charge in [-0.15, -0.1) is 0 Å². The van der Waals surface area contributed by atoms with Crippen LogP contribution in [-0.2, 0) is 14.9 Å². The van der Waals surface area contributed by atoms with E-state index in [1.165, 1.54) is 5.56 Å². The maximum Gasteiger partial charge on any atom is 0.234 e. The Hall–Kier alpha value is -1.64. The van der Waals surface area contributed by atoms with Crippen LogP contribution in [0.15, 0.2) is 23.2 Å². The van der Waals surface area contributed by atoms with Gasteiger partial charge >= 0.3 is 0 Å². The molecule has 0 spiro atoms. The van der Waals surface area contributed by atoms with Gasteiger partial charge in [-0.1, -0.05) is 17.7 Å². The van der Waals surface area contributed by atoms with Crippen LogP contribution in [0.25, 0.3) is 0 Å². The van der Waals surface area contributed by atoms with Crippen molar-refractivity contribution >= 4 is 6.08 Å². The van der Waals surface area contributed by atoms with Crippen LogP contribution in [0.2, 0.25) is 0 Å². The van der Waals surface area contributed by atoms with Gasteiger partial charge in [0, 0.05) is 24.2 Å². The van der Waals surface area contributed by atoms with E-state index >= 15 is 0 Å². The number of benzene rings is 1. The van der Waals surface area contributed by atoms with Crippen molar-refractivity contribution in [2.45, 2.75) is 25.2 Å². The van der Waals surface area contributed by atoms with E-state index in [1.54, 1.807) is 13.2 Å². The Labute approximate surface area is 113 Å². The molecule has 1 heterocycles. The van der Waals surface area contributed by atoms with Crippen molar-refractivity contribution in [1.82, 2.24) is 0 Å². The van der Waals surface area contributed by atoms with Crippen LogP contribution >= 0.6 is 0 Å². The molecule has 1 fully saturated rings. The fraction of sp³-hybridized carbons (Fsp3) is 0.533. The molecule has 0 N–H and O–H groups in total. The van der Waals surface area contributed by atoms with Crippen molar-refractivity contribution in [3.05, 3.63) is 29.3 Å². The van der Waals surface area contributed by atoms with Crippen molar-refractivity contribution in [3.63, 3.8) is 0 Å². The van der Waals surface area contributed by atoms with Gasteiger partial charge in [0.25, 0.3) is 0 Å². The lowest BCUT2D eigenvalue weighted by Crippen LogP contribution is -2.37. The molecule has 0 bridgehead atoms. The molecule has 0 aliphatic carbocycles. The number of aryl methyl sites for hydroxylation is 1. The third-order valence-corrected chi connectivity index (χ3v) is 3.82. The first kappa shape index (κ1) is 13.8. The maximum atomic E-state index is 10.5. The average molecular weight is 261 g/mol. The molecule has 0 atom stereocenters. The summed E-state index contributed by atoms with van der Waals surface area (Å²) in [5, 5.41) is 0. The summed E-state index contributed by atoms with van der Waals surface area (Å²) in [4.78, 5) is 14.3. The Balaban J connectivity index is 2.47. The second kappa shape index (κ2) is 6.00. The molecule has 0 radical (unpaired) electrons. The highest BCUT2D eigenvalue weighted by Crippen LogP contribution is 2.40. The molecule has 2 rings (SSSR count). The third kappa shape index (κ3) is 2.86. The van der Waals surface area contributed by atoms with E-state index in [0.717, 1.165) is 24.2 Å². The molecule has 0 saturated carbocycles. The van der Waals surface area contributed by atoms with Crippen molar-refractivity contribution < 1.29 is 14.3 Å². The Morgan fingerprint density at radius 2 is 2.16 bits per heavy atom. The van der Waals surface area contributed by atoms with Gasteiger partial charge in [0.05, 0.1) is 13.7 Å². The van der Waals surface area contributed by atoms with E-state index in [0.29, 0.717) is 19.8 Å². The number of methoxy groups -OCH3 is 1. The molecule has 1 aliphatic heterocycles. The lowest BCUT2D eigenvalue weighted by atomic mass is 9.73. The molecule has 102 valence electrons. The van der Waals surface area contributed by atoms with Crippen molar-refractivity contribution in [3.8, 4) is 5.75 Å². The topological polar surface area (TPSA) is 47.9 Å². The van der Waals surface area contributed by atoms with Gasteiger partial charge in [0.15, 0.2) is 0 Å². The molecule has 0 unspecified atom stereocenters.